The van der Waals surface area contributed by atoms with Crippen LogP contribution in [-0.2, 0) is 11.2 Å². The lowest BCUT2D eigenvalue weighted by Gasteiger charge is -2.25. The Morgan fingerprint density at radius 2 is 2.36 bits per heavy atom. The monoisotopic (exact) mass is 298 g/mol. The van der Waals surface area contributed by atoms with Crippen molar-refractivity contribution in [1.82, 2.24) is 20.1 Å². The molecule has 2 heterocycles. The summed E-state index contributed by atoms with van der Waals surface area (Å²) in [5.41, 5.74) is 2.30. The highest BCUT2D eigenvalue weighted by Gasteiger charge is 2.27. The van der Waals surface area contributed by atoms with Crippen molar-refractivity contribution in [3.63, 3.8) is 0 Å². The van der Waals surface area contributed by atoms with E-state index in [0.717, 1.165) is 37.1 Å². The van der Waals surface area contributed by atoms with Crippen LogP contribution in [0.5, 0.6) is 0 Å². The van der Waals surface area contributed by atoms with Crippen LogP contribution in [0.15, 0.2) is 30.6 Å². The molecule has 0 aromatic carbocycles. The summed E-state index contributed by atoms with van der Waals surface area (Å²) >= 11 is 0. The van der Waals surface area contributed by atoms with E-state index in [2.05, 4.69) is 15.4 Å². The standard InChI is InChI=1S/C17H22N4O/c1-3-12(2)17(22)20-14-7-6-8-15-13(14)11-19-21(15)16-9-4-5-10-18-16/h4-5,9-12,14H,3,6-8H2,1-2H3,(H,20,22)/t12-,14-/m0/s1. The molecule has 0 aliphatic heterocycles. The van der Waals surface area contributed by atoms with Crippen molar-refractivity contribution < 1.29 is 4.79 Å². The first-order valence-electron chi connectivity index (χ1n) is 7.99. The minimum absolute atomic E-state index is 0.0520. The Morgan fingerprint density at radius 3 is 3.09 bits per heavy atom. The minimum atomic E-state index is 0.0520. The largest absolute Gasteiger partial charge is 0.349 e. The molecule has 2 aromatic rings. The van der Waals surface area contributed by atoms with E-state index in [4.69, 9.17) is 0 Å². The lowest BCUT2D eigenvalue weighted by molar-refractivity contribution is -0.125. The van der Waals surface area contributed by atoms with Gasteiger partial charge in [-0.05, 0) is 37.8 Å². The molecule has 5 heteroatoms. The van der Waals surface area contributed by atoms with E-state index >= 15 is 0 Å². The lowest BCUT2D eigenvalue weighted by atomic mass is 9.92. The first kappa shape index (κ1) is 14.8. The fraction of sp³-hybridized carbons (Fsp3) is 0.471. The molecular formula is C17H22N4O. The van der Waals surface area contributed by atoms with Crippen molar-refractivity contribution in [1.29, 1.82) is 0 Å². The maximum absolute atomic E-state index is 12.2. The molecule has 5 nitrogen and oxygen atoms in total. The fourth-order valence-electron chi connectivity index (χ4n) is 2.88. The van der Waals surface area contributed by atoms with E-state index in [-0.39, 0.29) is 17.9 Å². The number of hydrogen-bond donors (Lipinski definition) is 1. The Labute approximate surface area is 130 Å². The van der Waals surface area contributed by atoms with Crippen LogP contribution < -0.4 is 5.32 Å². The van der Waals surface area contributed by atoms with Gasteiger partial charge in [0.15, 0.2) is 5.82 Å². The van der Waals surface area contributed by atoms with Gasteiger partial charge in [0.05, 0.1) is 17.9 Å². The number of rotatable bonds is 4. The van der Waals surface area contributed by atoms with E-state index < -0.39 is 0 Å². The van der Waals surface area contributed by atoms with Crippen molar-refractivity contribution in [2.24, 2.45) is 5.92 Å². The maximum atomic E-state index is 12.2. The number of carbonyl (C=O) groups excluding carboxylic acids is 1. The van der Waals surface area contributed by atoms with Crippen LogP contribution >= 0.6 is 0 Å². The maximum Gasteiger partial charge on any atom is 0.223 e. The predicted molar refractivity (Wildman–Crippen MR) is 84.6 cm³/mol. The molecule has 2 atom stereocenters. The third kappa shape index (κ3) is 2.75. The molecule has 0 saturated heterocycles. The van der Waals surface area contributed by atoms with Crippen LogP contribution in [0.25, 0.3) is 5.82 Å². The summed E-state index contributed by atoms with van der Waals surface area (Å²) in [4.78, 5) is 16.5. The molecule has 22 heavy (non-hydrogen) atoms. The van der Waals surface area contributed by atoms with Gasteiger partial charge in [-0.25, -0.2) is 9.67 Å². The van der Waals surface area contributed by atoms with Crippen LogP contribution in [0, 0.1) is 5.92 Å². The topological polar surface area (TPSA) is 59.8 Å². The fourth-order valence-corrected chi connectivity index (χ4v) is 2.88. The van der Waals surface area contributed by atoms with Crippen molar-refractivity contribution in [3.8, 4) is 5.82 Å². The second-order valence-corrected chi connectivity index (χ2v) is 5.91. The molecule has 116 valence electrons. The van der Waals surface area contributed by atoms with Gasteiger partial charge in [-0.15, -0.1) is 0 Å². The van der Waals surface area contributed by atoms with Gasteiger partial charge in [-0.2, -0.15) is 5.10 Å². The van der Waals surface area contributed by atoms with Crippen LogP contribution in [0.4, 0.5) is 0 Å². The highest BCUT2D eigenvalue weighted by Crippen LogP contribution is 2.31. The first-order valence-corrected chi connectivity index (χ1v) is 7.99. The molecular weight excluding hydrogens is 276 g/mol. The highest BCUT2D eigenvalue weighted by atomic mass is 16.1. The third-order valence-corrected chi connectivity index (χ3v) is 4.43. The van der Waals surface area contributed by atoms with Crippen LogP contribution in [0.2, 0.25) is 0 Å². The summed E-state index contributed by atoms with van der Waals surface area (Å²) in [6.07, 6.45) is 7.51. The summed E-state index contributed by atoms with van der Waals surface area (Å²) in [6, 6.07) is 5.88. The summed E-state index contributed by atoms with van der Waals surface area (Å²) in [6.45, 7) is 4.01. The van der Waals surface area contributed by atoms with Gasteiger partial charge >= 0.3 is 0 Å². The van der Waals surface area contributed by atoms with Crippen LogP contribution in [0.3, 0.4) is 0 Å². The summed E-state index contributed by atoms with van der Waals surface area (Å²) in [5, 5.41) is 7.67. The zero-order valence-corrected chi connectivity index (χ0v) is 13.1. The van der Waals surface area contributed by atoms with E-state index in [1.54, 1.807) is 6.20 Å². The molecule has 1 aliphatic rings. The Kier molecular flexibility index (Phi) is 4.22. The van der Waals surface area contributed by atoms with Crippen molar-refractivity contribution in [3.05, 3.63) is 41.9 Å². The summed E-state index contributed by atoms with van der Waals surface area (Å²) in [7, 11) is 0. The third-order valence-electron chi connectivity index (χ3n) is 4.43. The van der Waals surface area contributed by atoms with E-state index in [9.17, 15) is 4.79 Å². The van der Waals surface area contributed by atoms with Gasteiger partial charge < -0.3 is 5.32 Å². The number of carbonyl (C=O) groups is 1. The van der Waals surface area contributed by atoms with Gasteiger partial charge in [-0.1, -0.05) is 19.9 Å². The Hall–Kier alpha value is -2.17. The van der Waals surface area contributed by atoms with E-state index in [1.165, 1.54) is 5.69 Å². The molecule has 0 fully saturated rings. The molecule has 1 aliphatic carbocycles. The number of fused-ring (bicyclic) bond motifs is 1. The SMILES string of the molecule is CC[C@H](C)C(=O)N[C@H]1CCCc2c1cnn2-c1ccccn1. The van der Waals surface area contributed by atoms with Gasteiger partial charge in [0.2, 0.25) is 5.91 Å². The number of pyridine rings is 1. The normalized spacial score (nSPS) is 18.5. The number of aromatic nitrogens is 3. The molecule has 0 spiro atoms. The van der Waals surface area contributed by atoms with Crippen LogP contribution in [-0.4, -0.2) is 20.7 Å². The first-order chi connectivity index (χ1) is 10.7. The van der Waals surface area contributed by atoms with Crippen molar-refractivity contribution in [2.45, 2.75) is 45.6 Å². The molecule has 1 N–H and O–H groups in total. The second-order valence-electron chi connectivity index (χ2n) is 5.91. The quantitative estimate of drug-likeness (QED) is 0.944. The van der Waals surface area contributed by atoms with E-state index in [1.807, 2.05) is 42.9 Å². The number of nitrogens with one attached hydrogen (secondary N) is 1. The molecule has 0 unspecified atom stereocenters. The number of amides is 1. The van der Waals surface area contributed by atoms with Crippen molar-refractivity contribution >= 4 is 5.91 Å². The number of hydrogen-bond acceptors (Lipinski definition) is 3. The van der Waals surface area contributed by atoms with Crippen LogP contribution in [0.1, 0.15) is 50.4 Å². The molecule has 2 aromatic heterocycles. The second kappa shape index (κ2) is 6.30. The average molecular weight is 298 g/mol. The summed E-state index contributed by atoms with van der Waals surface area (Å²) in [5.74, 6) is 1.01. The molecule has 0 saturated carbocycles. The lowest BCUT2D eigenvalue weighted by Crippen LogP contribution is -2.34. The Morgan fingerprint density at radius 1 is 1.50 bits per heavy atom. The smallest absolute Gasteiger partial charge is 0.223 e. The number of nitrogens with zero attached hydrogens (tertiary/aromatic N) is 3. The van der Waals surface area contributed by atoms with Crippen molar-refractivity contribution in [2.75, 3.05) is 0 Å². The molecule has 3 rings (SSSR count). The molecule has 0 radical (unpaired) electrons. The van der Waals surface area contributed by atoms with Gasteiger partial charge in [0, 0.05) is 17.7 Å². The average Bonchev–Trinajstić information content (AvgIpc) is 3.00. The minimum Gasteiger partial charge on any atom is -0.349 e. The zero-order valence-electron chi connectivity index (χ0n) is 13.1. The molecule has 1 amide bonds. The van der Waals surface area contributed by atoms with E-state index in [0.29, 0.717) is 0 Å². The molecule has 0 bridgehead atoms. The highest BCUT2D eigenvalue weighted by molar-refractivity contribution is 5.78. The van der Waals surface area contributed by atoms with Gasteiger partial charge in [0.25, 0.3) is 0 Å². The van der Waals surface area contributed by atoms with Gasteiger partial charge in [-0.3, -0.25) is 4.79 Å². The predicted octanol–water partition coefficient (Wildman–Crippen LogP) is 2.81. The summed E-state index contributed by atoms with van der Waals surface area (Å²) < 4.78 is 1.90. The Balaban J connectivity index is 1.86. The van der Waals surface area contributed by atoms with Gasteiger partial charge in [0.1, 0.15) is 0 Å². The Bertz CT molecular complexity index is 650. The zero-order chi connectivity index (χ0) is 15.5.